The summed E-state index contributed by atoms with van der Waals surface area (Å²) in [5.74, 6) is 0.771. The Bertz CT molecular complexity index is 519. The monoisotopic (exact) mass is 263 g/mol. The molecule has 0 unspecified atom stereocenters. The first-order valence-electron chi connectivity index (χ1n) is 5.56. The highest BCUT2D eigenvalue weighted by Crippen LogP contribution is 2.20. The second kappa shape index (κ2) is 5.80. The van der Waals surface area contributed by atoms with E-state index in [1.54, 1.807) is 18.5 Å². The smallest absolute Gasteiger partial charge is 0.128 e. The fraction of sp³-hybridized carbons (Fsp3) is 0.231. The molecule has 4 nitrogen and oxygen atoms in total. The summed E-state index contributed by atoms with van der Waals surface area (Å²) >= 11 is 5.91. The zero-order valence-electron chi connectivity index (χ0n) is 10.0. The van der Waals surface area contributed by atoms with Gasteiger partial charge in [-0.25, -0.2) is 4.98 Å². The minimum absolute atomic E-state index is 0.0882. The van der Waals surface area contributed by atoms with Crippen LogP contribution < -0.4 is 4.90 Å². The van der Waals surface area contributed by atoms with Crippen LogP contribution in [0.3, 0.4) is 0 Å². The molecule has 0 aliphatic carbocycles. The van der Waals surface area contributed by atoms with E-state index in [0.29, 0.717) is 17.1 Å². The summed E-state index contributed by atoms with van der Waals surface area (Å²) in [6.45, 7) is 0.614. The van der Waals surface area contributed by atoms with Crippen molar-refractivity contribution in [2.24, 2.45) is 0 Å². The van der Waals surface area contributed by atoms with E-state index in [0.717, 1.165) is 11.4 Å². The number of aromatic nitrogens is 2. The maximum absolute atomic E-state index is 9.17. The van der Waals surface area contributed by atoms with E-state index < -0.39 is 0 Å². The minimum Gasteiger partial charge on any atom is -0.392 e. The van der Waals surface area contributed by atoms with Crippen molar-refractivity contribution < 1.29 is 5.11 Å². The summed E-state index contributed by atoms with van der Waals surface area (Å²) in [5, 5.41) is 9.66. The molecule has 0 amide bonds. The Morgan fingerprint density at radius 1 is 1.39 bits per heavy atom. The molecule has 5 heteroatoms. The molecule has 2 heterocycles. The molecule has 2 aromatic rings. The number of anilines is 1. The average molecular weight is 264 g/mol. The van der Waals surface area contributed by atoms with Crippen LogP contribution in [0, 0.1) is 0 Å². The molecule has 2 aromatic heterocycles. The molecule has 1 N–H and O–H groups in total. The fourth-order valence-corrected chi connectivity index (χ4v) is 1.81. The molecule has 0 saturated heterocycles. The van der Waals surface area contributed by atoms with Gasteiger partial charge in [-0.05, 0) is 17.7 Å². The minimum atomic E-state index is -0.0882. The molecule has 0 aliphatic rings. The Kier molecular flexibility index (Phi) is 4.12. The van der Waals surface area contributed by atoms with Gasteiger partial charge in [0.15, 0.2) is 0 Å². The lowest BCUT2D eigenvalue weighted by Crippen LogP contribution is -2.18. The van der Waals surface area contributed by atoms with Crippen LogP contribution in [0.25, 0.3) is 0 Å². The Hall–Kier alpha value is -1.65. The molecular weight excluding hydrogens is 250 g/mol. The normalized spacial score (nSPS) is 10.4. The molecule has 94 valence electrons. The number of aliphatic hydroxyl groups excluding tert-OH is 1. The van der Waals surface area contributed by atoms with E-state index in [2.05, 4.69) is 9.97 Å². The van der Waals surface area contributed by atoms with Crippen LogP contribution in [0.4, 0.5) is 5.82 Å². The predicted molar refractivity (Wildman–Crippen MR) is 71.5 cm³/mol. The first-order chi connectivity index (χ1) is 8.70. The number of halogens is 1. The lowest BCUT2D eigenvalue weighted by molar-refractivity contribution is 0.282. The Labute approximate surface area is 111 Å². The summed E-state index contributed by atoms with van der Waals surface area (Å²) < 4.78 is 0. The van der Waals surface area contributed by atoms with Crippen molar-refractivity contribution in [2.75, 3.05) is 11.9 Å². The number of hydrogen-bond acceptors (Lipinski definition) is 4. The van der Waals surface area contributed by atoms with Crippen molar-refractivity contribution in [3.05, 3.63) is 52.9 Å². The lowest BCUT2D eigenvalue weighted by Gasteiger charge is -2.18. The number of hydrogen-bond donors (Lipinski definition) is 1. The zero-order chi connectivity index (χ0) is 13.0. The van der Waals surface area contributed by atoms with Crippen LogP contribution in [0.1, 0.15) is 11.1 Å². The number of aliphatic hydroxyl groups is 1. The van der Waals surface area contributed by atoms with Gasteiger partial charge >= 0.3 is 0 Å². The predicted octanol–water partition coefficient (Wildman–Crippen LogP) is 2.26. The standard InChI is InChI=1S/C13H14ClN3O/c1-17(8-10-3-2-4-15-6-10)13-5-11(9-18)12(14)7-16-13/h2-7,18H,8-9H2,1H3. The van der Waals surface area contributed by atoms with Crippen LogP contribution in [-0.2, 0) is 13.2 Å². The maximum Gasteiger partial charge on any atom is 0.128 e. The van der Waals surface area contributed by atoms with Gasteiger partial charge in [-0.3, -0.25) is 4.98 Å². The van der Waals surface area contributed by atoms with Gasteiger partial charge in [-0.15, -0.1) is 0 Å². The van der Waals surface area contributed by atoms with Crippen molar-refractivity contribution in [2.45, 2.75) is 13.2 Å². The van der Waals surface area contributed by atoms with Crippen molar-refractivity contribution in [1.82, 2.24) is 9.97 Å². The van der Waals surface area contributed by atoms with Crippen molar-refractivity contribution in [3.8, 4) is 0 Å². The third-order valence-electron chi connectivity index (χ3n) is 2.62. The molecule has 0 fully saturated rings. The Balaban J connectivity index is 2.16. The molecule has 0 saturated carbocycles. The van der Waals surface area contributed by atoms with E-state index in [1.165, 1.54) is 0 Å². The zero-order valence-corrected chi connectivity index (χ0v) is 10.8. The number of nitrogens with zero attached hydrogens (tertiary/aromatic N) is 3. The fourth-order valence-electron chi connectivity index (χ4n) is 1.64. The van der Waals surface area contributed by atoms with E-state index in [9.17, 15) is 5.11 Å². The summed E-state index contributed by atoms with van der Waals surface area (Å²) in [5.41, 5.74) is 1.78. The van der Waals surface area contributed by atoms with Crippen LogP contribution in [0.2, 0.25) is 5.02 Å². The van der Waals surface area contributed by atoms with Gasteiger partial charge in [0.05, 0.1) is 11.6 Å². The SMILES string of the molecule is CN(Cc1cccnc1)c1cc(CO)c(Cl)cn1. The molecular formula is C13H14ClN3O. The van der Waals surface area contributed by atoms with Crippen LogP contribution >= 0.6 is 11.6 Å². The Morgan fingerprint density at radius 2 is 2.22 bits per heavy atom. The van der Waals surface area contributed by atoms with Gasteiger partial charge in [-0.2, -0.15) is 0 Å². The molecule has 18 heavy (non-hydrogen) atoms. The summed E-state index contributed by atoms with van der Waals surface area (Å²) in [6, 6.07) is 5.70. The first kappa shape index (κ1) is 12.8. The molecule has 0 bridgehead atoms. The summed E-state index contributed by atoms with van der Waals surface area (Å²) in [4.78, 5) is 10.3. The number of rotatable bonds is 4. The second-order valence-electron chi connectivity index (χ2n) is 4.01. The van der Waals surface area contributed by atoms with Crippen molar-refractivity contribution in [1.29, 1.82) is 0 Å². The molecule has 0 spiro atoms. The van der Waals surface area contributed by atoms with Gasteiger partial charge in [-0.1, -0.05) is 17.7 Å². The van der Waals surface area contributed by atoms with Gasteiger partial charge in [0, 0.05) is 37.7 Å². The van der Waals surface area contributed by atoms with Crippen molar-refractivity contribution >= 4 is 17.4 Å². The van der Waals surface area contributed by atoms with E-state index >= 15 is 0 Å². The van der Waals surface area contributed by atoms with Gasteiger partial charge in [0.1, 0.15) is 5.82 Å². The van der Waals surface area contributed by atoms with Crippen LogP contribution in [0.5, 0.6) is 0 Å². The van der Waals surface area contributed by atoms with E-state index in [-0.39, 0.29) is 6.61 Å². The largest absolute Gasteiger partial charge is 0.392 e. The van der Waals surface area contributed by atoms with Crippen LogP contribution in [0.15, 0.2) is 36.8 Å². The Morgan fingerprint density at radius 3 is 2.89 bits per heavy atom. The quantitative estimate of drug-likeness (QED) is 0.919. The highest BCUT2D eigenvalue weighted by molar-refractivity contribution is 6.31. The lowest BCUT2D eigenvalue weighted by atomic mass is 10.2. The highest BCUT2D eigenvalue weighted by Gasteiger charge is 2.07. The van der Waals surface area contributed by atoms with Crippen LogP contribution in [-0.4, -0.2) is 22.1 Å². The molecule has 2 rings (SSSR count). The van der Waals surface area contributed by atoms with Gasteiger partial charge in [0.2, 0.25) is 0 Å². The first-order valence-corrected chi connectivity index (χ1v) is 5.94. The summed E-state index contributed by atoms with van der Waals surface area (Å²) in [7, 11) is 1.93. The van der Waals surface area contributed by atoms with E-state index in [1.807, 2.05) is 30.3 Å². The van der Waals surface area contributed by atoms with E-state index in [4.69, 9.17) is 11.6 Å². The summed E-state index contributed by atoms with van der Waals surface area (Å²) in [6.07, 6.45) is 5.12. The molecule has 0 atom stereocenters. The number of pyridine rings is 2. The molecule has 0 aromatic carbocycles. The van der Waals surface area contributed by atoms with Crippen molar-refractivity contribution in [3.63, 3.8) is 0 Å². The van der Waals surface area contributed by atoms with Gasteiger partial charge in [0.25, 0.3) is 0 Å². The molecule has 0 radical (unpaired) electrons. The van der Waals surface area contributed by atoms with Gasteiger partial charge < -0.3 is 10.0 Å². The highest BCUT2D eigenvalue weighted by atomic mass is 35.5. The second-order valence-corrected chi connectivity index (χ2v) is 4.42. The molecule has 0 aliphatic heterocycles. The average Bonchev–Trinajstić information content (AvgIpc) is 2.40. The third kappa shape index (κ3) is 2.97. The maximum atomic E-state index is 9.17. The third-order valence-corrected chi connectivity index (χ3v) is 2.96. The topological polar surface area (TPSA) is 49.2 Å².